The molecule has 0 heterocycles. The van der Waals surface area contributed by atoms with E-state index in [4.69, 9.17) is 0 Å². The van der Waals surface area contributed by atoms with E-state index in [0.29, 0.717) is 0 Å². The van der Waals surface area contributed by atoms with Gasteiger partial charge in [-0.25, -0.2) is 0 Å². The highest BCUT2D eigenvalue weighted by molar-refractivity contribution is 4.81. The number of hydrogen-bond acceptors (Lipinski definition) is 1. The highest BCUT2D eigenvalue weighted by Crippen LogP contribution is 2.13. The van der Waals surface area contributed by atoms with Crippen molar-refractivity contribution in [2.45, 2.75) is 117 Å². The fourth-order valence-electron chi connectivity index (χ4n) is 3.11. The molecule has 0 fully saturated rings. The summed E-state index contributed by atoms with van der Waals surface area (Å²) < 4.78 is 0. The van der Waals surface area contributed by atoms with Gasteiger partial charge < -0.3 is 4.90 Å². The molecule has 0 aromatic heterocycles. The number of nitrogens with zero attached hydrogens (tertiary/aromatic N) is 1. The van der Waals surface area contributed by atoms with Crippen LogP contribution in [0.1, 0.15) is 117 Å². The fraction of sp³-hybridized carbons (Fsp3) is 0.909. The molecule has 0 aliphatic rings. The standard InChI is InChI=1S/C22H45N/c1-4-7-8-9-10-11-12-13-14-15-16-17-18-19-20-21-22-23(5-2)6-3/h21-22H,4-20H2,1-3H3. The van der Waals surface area contributed by atoms with Crippen molar-refractivity contribution in [2.24, 2.45) is 0 Å². The Kier molecular flexibility index (Phi) is 19.2. The Hall–Kier alpha value is -0.460. The summed E-state index contributed by atoms with van der Waals surface area (Å²) in [6, 6.07) is 0. The molecule has 0 amide bonds. The van der Waals surface area contributed by atoms with Crippen molar-refractivity contribution < 1.29 is 0 Å². The van der Waals surface area contributed by atoms with E-state index in [1.165, 1.54) is 96.3 Å². The first-order valence-electron chi connectivity index (χ1n) is 10.8. The molecule has 138 valence electrons. The maximum absolute atomic E-state index is 2.36. The molecule has 0 rings (SSSR count). The van der Waals surface area contributed by atoms with Crippen molar-refractivity contribution >= 4 is 0 Å². The molecule has 0 aliphatic heterocycles. The van der Waals surface area contributed by atoms with Gasteiger partial charge in [-0.1, -0.05) is 96.5 Å². The molecule has 0 radical (unpaired) electrons. The van der Waals surface area contributed by atoms with Crippen LogP contribution in [0.5, 0.6) is 0 Å². The van der Waals surface area contributed by atoms with E-state index in [-0.39, 0.29) is 0 Å². The van der Waals surface area contributed by atoms with E-state index in [2.05, 4.69) is 37.9 Å². The van der Waals surface area contributed by atoms with Gasteiger partial charge in [0.05, 0.1) is 0 Å². The van der Waals surface area contributed by atoms with Gasteiger partial charge in [0.1, 0.15) is 0 Å². The van der Waals surface area contributed by atoms with E-state index < -0.39 is 0 Å². The van der Waals surface area contributed by atoms with Gasteiger partial charge in [0.25, 0.3) is 0 Å². The van der Waals surface area contributed by atoms with Crippen LogP contribution < -0.4 is 0 Å². The Morgan fingerprint density at radius 2 is 0.913 bits per heavy atom. The van der Waals surface area contributed by atoms with Crippen molar-refractivity contribution in [3.8, 4) is 0 Å². The van der Waals surface area contributed by atoms with Gasteiger partial charge in [0.2, 0.25) is 0 Å². The van der Waals surface area contributed by atoms with Gasteiger partial charge in [0, 0.05) is 13.1 Å². The van der Waals surface area contributed by atoms with Crippen molar-refractivity contribution in [2.75, 3.05) is 13.1 Å². The normalized spacial score (nSPS) is 11.4. The topological polar surface area (TPSA) is 3.24 Å². The zero-order valence-corrected chi connectivity index (χ0v) is 16.6. The highest BCUT2D eigenvalue weighted by Gasteiger charge is 1.94. The van der Waals surface area contributed by atoms with Crippen LogP contribution in [0.3, 0.4) is 0 Å². The molecule has 0 aromatic carbocycles. The Morgan fingerprint density at radius 3 is 1.30 bits per heavy atom. The summed E-state index contributed by atoms with van der Waals surface area (Å²) >= 11 is 0. The predicted octanol–water partition coefficient (Wildman–Crippen LogP) is 7.71. The van der Waals surface area contributed by atoms with Crippen LogP contribution >= 0.6 is 0 Å². The van der Waals surface area contributed by atoms with Crippen LogP contribution in [0, 0.1) is 0 Å². The molecule has 0 spiro atoms. The molecule has 0 atom stereocenters. The molecule has 23 heavy (non-hydrogen) atoms. The molecular weight excluding hydrogens is 278 g/mol. The SMILES string of the molecule is CCCCCCCCCCCCCCCCC=CN(CC)CC. The lowest BCUT2D eigenvalue weighted by Gasteiger charge is -2.14. The Bertz CT molecular complexity index is 230. The molecular formula is C22H45N. The monoisotopic (exact) mass is 323 g/mol. The summed E-state index contributed by atoms with van der Waals surface area (Å²) in [5, 5.41) is 0. The second-order valence-electron chi connectivity index (χ2n) is 6.99. The van der Waals surface area contributed by atoms with E-state index in [1.54, 1.807) is 0 Å². The van der Waals surface area contributed by atoms with Crippen LogP contribution in [-0.4, -0.2) is 18.0 Å². The second kappa shape index (κ2) is 19.6. The average Bonchev–Trinajstić information content (AvgIpc) is 2.58. The smallest absolute Gasteiger partial charge is 0.0143 e. The first kappa shape index (κ1) is 22.5. The fourth-order valence-corrected chi connectivity index (χ4v) is 3.11. The number of rotatable bonds is 18. The molecule has 0 saturated heterocycles. The third-order valence-corrected chi connectivity index (χ3v) is 4.85. The molecule has 1 nitrogen and oxygen atoms in total. The van der Waals surface area contributed by atoms with Gasteiger partial charge >= 0.3 is 0 Å². The second-order valence-corrected chi connectivity index (χ2v) is 6.99. The minimum atomic E-state index is 1.13. The first-order valence-corrected chi connectivity index (χ1v) is 10.8. The van der Waals surface area contributed by atoms with Crippen LogP contribution in [0.4, 0.5) is 0 Å². The minimum absolute atomic E-state index is 1.13. The Balaban J connectivity index is 3.10. The third kappa shape index (κ3) is 17.7. The number of unbranched alkanes of at least 4 members (excludes halogenated alkanes) is 14. The van der Waals surface area contributed by atoms with Gasteiger partial charge in [0.15, 0.2) is 0 Å². The van der Waals surface area contributed by atoms with Gasteiger partial charge in [-0.05, 0) is 32.9 Å². The molecule has 0 aromatic rings. The van der Waals surface area contributed by atoms with Crippen LogP contribution in [0.25, 0.3) is 0 Å². The Morgan fingerprint density at radius 1 is 0.522 bits per heavy atom. The van der Waals surface area contributed by atoms with Crippen molar-refractivity contribution in [1.82, 2.24) is 4.90 Å². The third-order valence-electron chi connectivity index (χ3n) is 4.85. The molecule has 0 N–H and O–H groups in total. The largest absolute Gasteiger partial charge is 0.378 e. The molecule has 0 bridgehead atoms. The van der Waals surface area contributed by atoms with Crippen molar-refractivity contribution in [1.29, 1.82) is 0 Å². The van der Waals surface area contributed by atoms with Crippen LogP contribution in [0.15, 0.2) is 12.3 Å². The molecule has 1 heteroatoms. The summed E-state index contributed by atoms with van der Waals surface area (Å²) in [6.45, 7) is 9.00. The maximum Gasteiger partial charge on any atom is 0.0143 e. The number of allylic oxidation sites excluding steroid dienone is 1. The Labute approximate surface area is 147 Å². The molecule has 0 saturated carbocycles. The lowest BCUT2D eigenvalue weighted by molar-refractivity contribution is 0.417. The van der Waals surface area contributed by atoms with E-state index in [9.17, 15) is 0 Å². The average molecular weight is 324 g/mol. The lowest BCUT2D eigenvalue weighted by Crippen LogP contribution is -2.14. The zero-order valence-electron chi connectivity index (χ0n) is 16.6. The number of hydrogen-bond donors (Lipinski definition) is 0. The van der Waals surface area contributed by atoms with E-state index in [1.807, 2.05) is 0 Å². The molecule has 0 unspecified atom stereocenters. The predicted molar refractivity (Wildman–Crippen MR) is 107 cm³/mol. The lowest BCUT2D eigenvalue weighted by atomic mass is 10.0. The first-order chi connectivity index (χ1) is 11.3. The van der Waals surface area contributed by atoms with Gasteiger partial charge in [-0.3, -0.25) is 0 Å². The minimum Gasteiger partial charge on any atom is -0.378 e. The summed E-state index contributed by atoms with van der Waals surface area (Å²) in [5.41, 5.74) is 0. The quantitative estimate of drug-likeness (QED) is 0.233. The maximum atomic E-state index is 2.36. The highest BCUT2D eigenvalue weighted by atomic mass is 15.1. The zero-order chi connectivity index (χ0) is 17.0. The summed E-state index contributed by atoms with van der Waals surface area (Å²) in [6.07, 6.45) is 26.1. The van der Waals surface area contributed by atoms with Gasteiger partial charge in [-0.2, -0.15) is 0 Å². The van der Waals surface area contributed by atoms with E-state index >= 15 is 0 Å². The van der Waals surface area contributed by atoms with E-state index in [0.717, 1.165) is 13.1 Å². The van der Waals surface area contributed by atoms with Gasteiger partial charge in [-0.15, -0.1) is 0 Å². The van der Waals surface area contributed by atoms with Crippen molar-refractivity contribution in [3.63, 3.8) is 0 Å². The summed E-state index contributed by atoms with van der Waals surface area (Å²) in [7, 11) is 0. The van der Waals surface area contributed by atoms with Crippen LogP contribution in [-0.2, 0) is 0 Å². The van der Waals surface area contributed by atoms with Crippen molar-refractivity contribution in [3.05, 3.63) is 12.3 Å². The summed E-state index contributed by atoms with van der Waals surface area (Å²) in [5.74, 6) is 0. The molecule has 0 aliphatic carbocycles. The summed E-state index contributed by atoms with van der Waals surface area (Å²) in [4.78, 5) is 2.36. The van der Waals surface area contributed by atoms with Crippen LogP contribution in [0.2, 0.25) is 0 Å².